The third-order valence-electron chi connectivity index (χ3n) is 3.41. The standard InChI is InChI=1S/C15H18N2O2S2/c1-9(2)19-12(18)7-20-14-13-10-5-3-4-6-11(10)21-15(13)17-8-16-14/h8-9H,3-7H2,1-2H3. The topological polar surface area (TPSA) is 52.1 Å². The first-order chi connectivity index (χ1) is 10.1. The maximum Gasteiger partial charge on any atom is 0.316 e. The van der Waals surface area contributed by atoms with Gasteiger partial charge in [-0.1, -0.05) is 11.8 Å². The highest BCUT2D eigenvalue weighted by Gasteiger charge is 2.20. The molecule has 6 heteroatoms. The number of aromatic nitrogens is 2. The van der Waals surface area contributed by atoms with Gasteiger partial charge in [0.05, 0.1) is 11.9 Å². The molecule has 2 heterocycles. The van der Waals surface area contributed by atoms with Crippen LogP contribution in [0.1, 0.15) is 37.1 Å². The number of hydrogen-bond acceptors (Lipinski definition) is 6. The highest BCUT2D eigenvalue weighted by Crippen LogP contribution is 2.39. The van der Waals surface area contributed by atoms with Crippen LogP contribution in [0, 0.1) is 0 Å². The molecule has 0 saturated carbocycles. The molecule has 0 saturated heterocycles. The van der Waals surface area contributed by atoms with E-state index in [1.165, 1.54) is 40.4 Å². The number of ether oxygens (including phenoxy) is 1. The van der Waals surface area contributed by atoms with Crippen LogP contribution in [-0.2, 0) is 22.4 Å². The van der Waals surface area contributed by atoms with E-state index in [2.05, 4.69) is 9.97 Å². The Morgan fingerprint density at radius 2 is 2.19 bits per heavy atom. The molecule has 1 aliphatic rings. The predicted octanol–water partition coefficient (Wildman–Crippen LogP) is 3.61. The third kappa shape index (κ3) is 3.21. The summed E-state index contributed by atoms with van der Waals surface area (Å²) >= 11 is 3.24. The Hall–Kier alpha value is -1.14. The van der Waals surface area contributed by atoms with Gasteiger partial charge in [0.2, 0.25) is 0 Å². The van der Waals surface area contributed by atoms with Crippen molar-refractivity contribution in [1.29, 1.82) is 0 Å². The normalized spacial score (nSPS) is 14.4. The van der Waals surface area contributed by atoms with Crippen molar-refractivity contribution in [3.05, 3.63) is 16.8 Å². The van der Waals surface area contributed by atoms with Gasteiger partial charge in [0.1, 0.15) is 16.2 Å². The largest absolute Gasteiger partial charge is 0.462 e. The number of aryl methyl sites for hydroxylation is 2. The number of nitrogens with zero attached hydrogens (tertiary/aromatic N) is 2. The first kappa shape index (κ1) is 14.8. The predicted molar refractivity (Wildman–Crippen MR) is 86.0 cm³/mol. The number of hydrogen-bond donors (Lipinski definition) is 0. The number of thioether (sulfide) groups is 1. The molecule has 3 rings (SSSR count). The summed E-state index contributed by atoms with van der Waals surface area (Å²) in [5, 5.41) is 2.08. The zero-order valence-electron chi connectivity index (χ0n) is 12.2. The van der Waals surface area contributed by atoms with Gasteiger partial charge in [-0.15, -0.1) is 11.3 Å². The van der Waals surface area contributed by atoms with Gasteiger partial charge < -0.3 is 4.74 Å². The fraction of sp³-hybridized carbons (Fsp3) is 0.533. The van der Waals surface area contributed by atoms with E-state index in [4.69, 9.17) is 4.74 Å². The van der Waals surface area contributed by atoms with E-state index in [0.29, 0.717) is 5.75 Å². The summed E-state index contributed by atoms with van der Waals surface area (Å²) in [7, 11) is 0. The van der Waals surface area contributed by atoms with Crippen LogP contribution in [0.4, 0.5) is 0 Å². The fourth-order valence-corrected chi connectivity index (χ4v) is 4.70. The molecular formula is C15H18N2O2S2. The monoisotopic (exact) mass is 322 g/mol. The average Bonchev–Trinajstić information content (AvgIpc) is 2.83. The van der Waals surface area contributed by atoms with Gasteiger partial charge in [-0.3, -0.25) is 4.79 Å². The van der Waals surface area contributed by atoms with Crippen LogP contribution < -0.4 is 0 Å². The van der Waals surface area contributed by atoms with Crippen LogP contribution in [0.3, 0.4) is 0 Å². The second-order valence-electron chi connectivity index (χ2n) is 5.40. The van der Waals surface area contributed by atoms with Gasteiger partial charge in [0.25, 0.3) is 0 Å². The van der Waals surface area contributed by atoms with Crippen LogP contribution in [0.5, 0.6) is 0 Å². The molecule has 2 aromatic heterocycles. The van der Waals surface area contributed by atoms with Gasteiger partial charge >= 0.3 is 5.97 Å². The van der Waals surface area contributed by atoms with Crippen molar-refractivity contribution in [2.45, 2.75) is 50.7 Å². The summed E-state index contributed by atoms with van der Waals surface area (Å²) in [5.74, 6) is 0.111. The van der Waals surface area contributed by atoms with Crippen LogP contribution in [0.25, 0.3) is 10.2 Å². The SMILES string of the molecule is CC(C)OC(=O)CSc1ncnc2sc3c(c12)CCCC3. The fourth-order valence-electron chi connectivity index (χ4n) is 2.59. The van der Waals surface area contributed by atoms with E-state index in [0.717, 1.165) is 22.7 Å². The van der Waals surface area contributed by atoms with Gasteiger partial charge in [-0.2, -0.15) is 0 Å². The summed E-state index contributed by atoms with van der Waals surface area (Å²) in [5.41, 5.74) is 1.40. The van der Waals surface area contributed by atoms with Crippen molar-refractivity contribution in [3.8, 4) is 0 Å². The van der Waals surface area contributed by atoms with E-state index in [1.54, 1.807) is 17.7 Å². The van der Waals surface area contributed by atoms with Crippen molar-refractivity contribution in [3.63, 3.8) is 0 Å². The average molecular weight is 322 g/mol. The quantitative estimate of drug-likeness (QED) is 0.489. The second kappa shape index (κ2) is 6.32. The summed E-state index contributed by atoms with van der Waals surface area (Å²) < 4.78 is 5.18. The molecule has 0 aliphatic heterocycles. The Bertz CT molecular complexity index is 667. The molecule has 4 nitrogen and oxygen atoms in total. The van der Waals surface area contributed by atoms with E-state index < -0.39 is 0 Å². The number of esters is 1. The maximum absolute atomic E-state index is 11.7. The van der Waals surface area contributed by atoms with Crippen LogP contribution in [0.15, 0.2) is 11.4 Å². The Balaban J connectivity index is 1.85. The minimum atomic E-state index is -0.189. The van der Waals surface area contributed by atoms with Crippen LogP contribution in [-0.4, -0.2) is 27.8 Å². The lowest BCUT2D eigenvalue weighted by molar-refractivity contribution is -0.144. The summed E-state index contributed by atoms with van der Waals surface area (Å²) in [4.78, 5) is 23.0. The Morgan fingerprint density at radius 1 is 1.38 bits per heavy atom. The molecule has 0 amide bonds. The van der Waals surface area contributed by atoms with Crippen LogP contribution in [0.2, 0.25) is 0 Å². The van der Waals surface area contributed by atoms with Crippen molar-refractivity contribution < 1.29 is 9.53 Å². The number of carbonyl (C=O) groups is 1. The lowest BCUT2D eigenvalue weighted by Crippen LogP contribution is -2.13. The Labute approximate surface area is 132 Å². The molecule has 0 atom stereocenters. The van der Waals surface area contributed by atoms with E-state index in [9.17, 15) is 4.79 Å². The second-order valence-corrected chi connectivity index (χ2v) is 7.44. The molecule has 0 aromatic carbocycles. The maximum atomic E-state index is 11.7. The molecule has 0 bridgehead atoms. The molecule has 0 radical (unpaired) electrons. The first-order valence-corrected chi connectivity index (χ1v) is 9.03. The van der Waals surface area contributed by atoms with Crippen molar-refractivity contribution in [2.75, 3.05) is 5.75 Å². The highest BCUT2D eigenvalue weighted by molar-refractivity contribution is 8.00. The molecule has 112 valence electrons. The number of fused-ring (bicyclic) bond motifs is 3. The molecule has 21 heavy (non-hydrogen) atoms. The molecule has 2 aromatic rings. The third-order valence-corrected chi connectivity index (χ3v) is 5.57. The lowest BCUT2D eigenvalue weighted by Gasteiger charge is -2.11. The molecule has 0 unspecified atom stereocenters. The van der Waals surface area contributed by atoms with Crippen LogP contribution >= 0.6 is 23.1 Å². The highest BCUT2D eigenvalue weighted by atomic mass is 32.2. The van der Waals surface area contributed by atoms with Crippen molar-refractivity contribution in [2.24, 2.45) is 0 Å². The van der Waals surface area contributed by atoms with Crippen molar-refractivity contribution >= 4 is 39.3 Å². The minimum Gasteiger partial charge on any atom is -0.462 e. The van der Waals surface area contributed by atoms with Gasteiger partial charge in [0, 0.05) is 10.3 Å². The minimum absolute atomic E-state index is 0.0718. The number of rotatable bonds is 4. The molecule has 0 spiro atoms. The Kier molecular flexibility index (Phi) is 4.45. The van der Waals surface area contributed by atoms with E-state index in [-0.39, 0.29) is 12.1 Å². The summed E-state index contributed by atoms with van der Waals surface area (Å²) in [6, 6.07) is 0. The summed E-state index contributed by atoms with van der Waals surface area (Å²) in [6.07, 6.45) is 6.27. The molecule has 0 fully saturated rings. The lowest BCUT2D eigenvalue weighted by atomic mass is 9.97. The zero-order valence-corrected chi connectivity index (χ0v) is 13.9. The Morgan fingerprint density at radius 3 is 3.00 bits per heavy atom. The van der Waals surface area contributed by atoms with Crippen molar-refractivity contribution in [1.82, 2.24) is 9.97 Å². The number of carbonyl (C=O) groups excluding carboxylic acids is 1. The van der Waals surface area contributed by atoms with Gasteiger partial charge in [-0.05, 0) is 45.1 Å². The van der Waals surface area contributed by atoms with Gasteiger partial charge in [0.15, 0.2) is 0 Å². The molecule has 1 aliphatic carbocycles. The number of thiophene rings is 1. The zero-order chi connectivity index (χ0) is 14.8. The molecular weight excluding hydrogens is 304 g/mol. The molecule has 0 N–H and O–H groups in total. The first-order valence-electron chi connectivity index (χ1n) is 7.22. The van der Waals surface area contributed by atoms with E-state index >= 15 is 0 Å². The van der Waals surface area contributed by atoms with E-state index in [1.807, 2.05) is 13.8 Å². The smallest absolute Gasteiger partial charge is 0.316 e. The van der Waals surface area contributed by atoms with Gasteiger partial charge in [-0.25, -0.2) is 9.97 Å². The summed E-state index contributed by atoms with van der Waals surface area (Å²) in [6.45, 7) is 3.72.